The van der Waals surface area contributed by atoms with Gasteiger partial charge in [-0.2, -0.15) is 0 Å². The molecule has 2 atom stereocenters. The Balaban J connectivity index is 1.81. The molecule has 1 aromatic rings. The van der Waals surface area contributed by atoms with Crippen molar-refractivity contribution < 1.29 is 14.1 Å². The summed E-state index contributed by atoms with van der Waals surface area (Å²) in [7, 11) is 0. The third kappa shape index (κ3) is 4.89. The summed E-state index contributed by atoms with van der Waals surface area (Å²) in [6.45, 7) is 14.9. The van der Waals surface area contributed by atoms with Crippen LogP contribution in [0.3, 0.4) is 0 Å². The summed E-state index contributed by atoms with van der Waals surface area (Å²) in [5, 5.41) is 0. The van der Waals surface area contributed by atoms with Gasteiger partial charge in [0.2, 0.25) is 0 Å². The van der Waals surface area contributed by atoms with Crippen molar-refractivity contribution in [3.05, 3.63) is 29.1 Å². The molecule has 1 spiro atoms. The molecule has 1 amide bonds. The zero-order valence-corrected chi connectivity index (χ0v) is 19.6. The number of carbonyl (C=O) groups is 1. The summed E-state index contributed by atoms with van der Waals surface area (Å²) in [4.78, 5) is 18.8. The van der Waals surface area contributed by atoms with Crippen LogP contribution in [0.15, 0.2) is 12.3 Å². The Morgan fingerprint density at radius 2 is 1.90 bits per heavy atom. The van der Waals surface area contributed by atoms with Crippen molar-refractivity contribution in [2.24, 2.45) is 5.41 Å². The van der Waals surface area contributed by atoms with Gasteiger partial charge in [-0.15, -0.1) is 4.72 Å². The van der Waals surface area contributed by atoms with Crippen LogP contribution in [-0.4, -0.2) is 44.0 Å². The number of aryl methyl sites for hydroxylation is 1. The SMILES string of the molecule is Cc1cc2c(cn1)[C@@H](N[S+]([O-])C(C)(C)C)C1(CCN(C(=O)OC(C)(C)C)CC1)C2. The van der Waals surface area contributed by atoms with Crippen molar-refractivity contribution in [3.63, 3.8) is 0 Å². The number of nitrogens with zero attached hydrogens (tertiary/aromatic N) is 2. The molecule has 0 aromatic carbocycles. The van der Waals surface area contributed by atoms with Gasteiger partial charge in [0.15, 0.2) is 0 Å². The normalized spacial score (nSPS) is 22.5. The maximum absolute atomic E-state index is 12.9. The highest BCUT2D eigenvalue weighted by molar-refractivity contribution is 7.90. The molecule has 6 nitrogen and oxygen atoms in total. The molecule has 1 aliphatic heterocycles. The molecule has 1 saturated heterocycles. The van der Waals surface area contributed by atoms with Crippen LogP contribution in [0.2, 0.25) is 0 Å². The van der Waals surface area contributed by atoms with Gasteiger partial charge in [-0.25, -0.2) is 4.79 Å². The number of pyridine rings is 1. The van der Waals surface area contributed by atoms with Crippen LogP contribution in [0.25, 0.3) is 0 Å². The van der Waals surface area contributed by atoms with E-state index in [-0.39, 0.29) is 22.3 Å². The van der Waals surface area contributed by atoms with Gasteiger partial charge in [0.1, 0.15) is 10.3 Å². The molecule has 1 N–H and O–H groups in total. The topological polar surface area (TPSA) is 77.5 Å². The molecular weight excluding hydrogens is 386 g/mol. The highest BCUT2D eigenvalue weighted by Gasteiger charge is 2.51. The van der Waals surface area contributed by atoms with E-state index < -0.39 is 17.0 Å². The molecular formula is C22H35N3O3S. The summed E-state index contributed by atoms with van der Waals surface area (Å²) in [5.41, 5.74) is 2.89. The standard InChI is InChI=1S/C22H35N3O3S/c1-15-12-16-13-22(8-10-25(11-9-22)19(26)28-20(2,3)4)18(17(16)14-23-15)24-29(27)21(5,6)7/h12,14,18,24H,8-11,13H2,1-7H3/t18-,29?/m1/s1. The van der Waals surface area contributed by atoms with Gasteiger partial charge in [-0.05, 0) is 84.9 Å². The lowest BCUT2D eigenvalue weighted by Crippen LogP contribution is -2.51. The third-order valence-electron chi connectivity index (χ3n) is 5.82. The highest BCUT2D eigenvalue weighted by Crippen LogP contribution is 2.52. The first-order valence-electron chi connectivity index (χ1n) is 10.4. The maximum Gasteiger partial charge on any atom is 0.410 e. The second-order valence-corrected chi connectivity index (χ2v) is 12.5. The van der Waals surface area contributed by atoms with Crippen LogP contribution in [-0.2, 0) is 22.5 Å². The van der Waals surface area contributed by atoms with Crippen LogP contribution in [0, 0.1) is 12.3 Å². The van der Waals surface area contributed by atoms with E-state index in [2.05, 4.69) is 15.8 Å². The van der Waals surface area contributed by atoms with Gasteiger partial charge in [-0.3, -0.25) is 4.98 Å². The van der Waals surface area contributed by atoms with Gasteiger partial charge in [0.05, 0.1) is 6.04 Å². The van der Waals surface area contributed by atoms with Gasteiger partial charge in [0, 0.05) is 41.8 Å². The summed E-state index contributed by atoms with van der Waals surface area (Å²) < 4.78 is 21.6. The largest absolute Gasteiger partial charge is 0.598 e. The van der Waals surface area contributed by atoms with E-state index in [1.54, 1.807) is 4.90 Å². The van der Waals surface area contributed by atoms with Crippen molar-refractivity contribution in [1.29, 1.82) is 0 Å². The lowest BCUT2D eigenvalue weighted by Gasteiger charge is -2.43. The molecule has 29 heavy (non-hydrogen) atoms. The van der Waals surface area contributed by atoms with Crippen molar-refractivity contribution in [2.45, 2.75) is 84.1 Å². The molecule has 7 heteroatoms. The predicted molar refractivity (Wildman–Crippen MR) is 116 cm³/mol. The Kier molecular flexibility index (Phi) is 5.98. The number of fused-ring (bicyclic) bond motifs is 1. The zero-order chi connectivity index (χ0) is 21.6. The van der Waals surface area contributed by atoms with Gasteiger partial charge in [-0.1, -0.05) is 0 Å². The van der Waals surface area contributed by atoms with E-state index in [0.29, 0.717) is 13.1 Å². The number of piperidine rings is 1. The van der Waals surface area contributed by atoms with E-state index in [9.17, 15) is 9.35 Å². The smallest absolute Gasteiger partial charge is 0.410 e. The van der Waals surface area contributed by atoms with Gasteiger partial charge in [0.25, 0.3) is 0 Å². The number of amides is 1. The minimum atomic E-state index is -1.18. The Morgan fingerprint density at radius 3 is 2.45 bits per heavy atom. The quantitative estimate of drug-likeness (QED) is 0.729. The van der Waals surface area contributed by atoms with Crippen molar-refractivity contribution in [3.8, 4) is 0 Å². The molecule has 0 saturated carbocycles. The number of aromatic nitrogens is 1. The molecule has 2 aliphatic rings. The number of hydrogen-bond donors (Lipinski definition) is 1. The number of carbonyl (C=O) groups excluding carboxylic acids is 1. The fourth-order valence-corrected chi connectivity index (χ4v) is 5.19. The van der Waals surface area contributed by atoms with E-state index in [1.165, 1.54) is 5.56 Å². The number of nitrogens with one attached hydrogen (secondary N) is 1. The minimum absolute atomic E-state index is 0.0218. The Labute approximate surface area is 178 Å². The van der Waals surface area contributed by atoms with Crippen molar-refractivity contribution in [1.82, 2.24) is 14.6 Å². The van der Waals surface area contributed by atoms with Crippen LogP contribution in [0.1, 0.15) is 77.2 Å². The Bertz CT molecular complexity index is 762. The summed E-state index contributed by atoms with van der Waals surface area (Å²) in [5.74, 6) is 0. The van der Waals surface area contributed by atoms with E-state index in [1.807, 2.05) is 54.7 Å². The van der Waals surface area contributed by atoms with Crippen LogP contribution >= 0.6 is 0 Å². The second kappa shape index (κ2) is 7.75. The highest BCUT2D eigenvalue weighted by atomic mass is 32.2. The third-order valence-corrected chi connectivity index (χ3v) is 7.38. The molecule has 1 aliphatic carbocycles. The van der Waals surface area contributed by atoms with Crippen LogP contribution < -0.4 is 4.72 Å². The van der Waals surface area contributed by atoms with Crippen LogP contribution in [0.5, 0.6) is 0 Å². The molecule has 2 heterocycles. The molecule has 1 aromatic heterocycles. The Morgan fingerprint density at radius 1 is 1.28 bits per heavy atom. The molecule has 1 fully saturated rings. The van der Waals surface area contributed by atoms with Crippen LogP contribution in [0.4, 0.5) is 4.79 Å². The zero-order valence-electron chi connectivity index (χ0n) is 18.8. The fourth-order valence-electron chi connectivity index (χ4n) is 4.25. The van der Waals surface area contributed by atoms with E-state index >= 15 is 0 Å². The number of likely N-dealkylation sites (tertiary alicyclic amines) is 1. The molecule has 0 radical (unpaired) electrons. The first-order valence-corrected chi connectivity index (χ1v) is 11.6. The molecule has 0 bridgehead atoms. The summed E-state index contributed by atoms with van der Waals surface area (Å²) >= 11 is -1.18. The lowest BCUT2D eigenvalue weighted by molar-refractivity contribution is 0.00715. The molecule has 162 valence electrons. The van der Waals surface area contributed by atoms with Gasteiger partial charge >= 0.3 is 6.09 Å². The number of ether oxygens (including phenoxy) is 1. The summed E-state index contributed by atoms with van der Waals surface area (Å²) in [6, 6.07) is 2.13. The van der Waals surface area contributed by atoms with E-state index in [4.69, 9.17) is 4.74 Å². The lowest BCUT2D eigenvalue weighted by atomic mass is 9.73. The first kappa shape index (κ1) is 22.4. The maximum atomic E-state index is 12.9. The molecule has 3 rings (SSSR count). The monoisotopic (exact) mass is 421 g/mol. The average Bonchev–Trinajstić information content (AvgIpc) is 2.85. The Hall–Kier alpha value is -1.31. The second-order valence-electron chi connectivity index (χ2n) is 10.5. The molecule has 1 unspecified atom stereocenters. The number of hydrogen-bond acceptors (Lipinski definition) is 5. The van der Waals surface area contributed by atoms with Crippen molar-refractivity contribution >= 4 is 17.5 Å². The minimum Gasteiger partial charge on any atom is -0.598 e. The summed E-state index contributed by atoms with van der Waals surface area (Å²) in [6.07, 6.45) is 4.31. The van der Waals surface area contributed by atoms with Crippen molar-refractivity contribution in [2.75, 3.05) is 13.1 Å². The first-order chi connectivity index (χ1) is 13.3. The average molecular weight is 422 g/mol. The number of rotatable bonds is 2. The van der Waals surface area contributed by atoms with Gasteiger partial charge < -0.3 is 14.2 Å². The fraction of sp³-hybridized carbons (Fsp3) is 0.727. The van der Waals surface area contributed by atoms with E-state index in [0.717, 1.165) is 30.5 Å². The predicted octanol–water partition coefficient (Wildman–Crippen LogP) is 4.06.